The van der Waals surface area contributed by atoms with Crippen molar-refractivity contribution < 1.29 is 14.5 Å². The van der Waals surface area contributed by atoms with Crippen LogP contribution in [0.4, 0.5) is 11.4 Å². The molecule has 2 aliphatic rings. The molecule has 2 saturated heterocycles. The van der Waals surface area contributed by atoms with Crippen LogP contribution in [0, 0.1) is 10.1 Å². The number of rotatable bonds is 6. The Morgan fingerprint density at radius 3 is 2.25 bits per heavy atom. The van der Waals surface area contributed by atoms with E-state index < -0.39 is 4.92 Å². The minimum atomic E-state index is -0.470. The summed E-state index contributed by atoms with van der Waals surface area (Å²) in [7, 11) is 0. The number of piperazine rings is 1. The lowest BCUT2D eigenvalue weighted by Crippen LogP contribution is -2.54. The molecular weight excluding hydrogens is 362 g/mol. The molecule has 2 fully saturated rings. The lowest BCUT2D eigenvalue weighted by atomic mass is 10.2. The van der Waals surface area contributed by atoms with Gasteiger partial charge in [-0.05, 0) is 31.9 Å². The third-order valence-electron chi connectivity index (χ3n) is 5.50. The number of nitrogens with zero attached hydrogens (tertiary/aromatic N) is 4. The lowest BCUT2D eigenvalue weighted by Gasteiger charge is -2.37. The van der Waals surface area contributed by atoms with Gasteiger partial charge in [0.25, 0.3) is 5.69 Å². The molecule has 1 aromatic carbocycles. The van der Waals surface area contributed by atoms with Crippen molar-refractivity contribution in [3.05, 3.63) is 34.4 Å². The highest BCUT2D eigenvalue weighted by atomic mass is 16.6. The Balaban J connectivity index is 1.44. The first-order valence-electron chi connectivity index (χ1n) is 9.73. The van der Waals surface area contributed by atoms with Gasteiger partial charge in [0.1, 0.15) is 0 Å². The summed E-state index contributed by atoms with van der Waals surface area (Å²) in [4.78, 5) is 41.2. The van der Waals surface area contributed by atoms with E-state index in [1.807, 2.05) is 11.8 Å². The Kier molecular flexibility index (Phi) is 6.58. The second-order valence-electron chi connectivity index (χ2n) is 7.37. The van der Waals surface area contributed by atoms with E-state index in [1.54, 1.807) is 0 Å². The van der Waals surface area contributed by atoms with Crippen LogP contribution in [-0.4, -0.2) is 83.3 Å². The van der Waals surface area contributed by atoms with Crippen molar-refractivity contribution in [3.8, 4) is 0 Å². The fourth-order valence-corrected chi connectivity index (χ4v) is 3.65. The molecule has 2 aliphatic heterocycles. The average Bonchev–Trinajstić information content (AvgIpc) is 3.23. The highest BCUT2D eigenvalue weighted by Gasteiger charge is 2.27. The minimum Gasteiger partial charge on any atom is -0.342 e. The van der Waals surface area contributed by atoms with Crippen molar-refractivity contribution in [2.45, 2.75) is 25.8 Å². The van der Waals surface area contributed by atoms with E-state index in [9.17, 15) is 19.7 Å². The lowest BCUT2D eigenvalue weighted by molar-refractivity contribution is -0.384. The van der Waals surface area contributed by atoms with Crippen LogP contribution in [0.5, 0.6) is 0 Å². The summed E-state index contributed by atoms with van der Waals surface area (Å²) in [5, 5.41) is 13.5. The molecule has 152 valence electrons. The van der Waals surface area contributed by atoms with Crippen molar-refractivity contribution in [2.75, 3.05) is 51.1 Å². The monoisotopic (exact) mass is 389 g/mol. The Hall–Kier alpha value is -2.52. The summed E-state index contributed by atoms with van der Waals surface area (Å²) >= 11 is 0. The molecule has 2 heterocycles. The second kappa shape index (κ2) is 9.11. The number of non-ortho nitro benzene ring substituents is 1. The van der Waals surface area contributed by atoms with Crippen LogP contribution < -0.4 is 5.32 Å². The molecule has 1 aromatic rings. The average molecular weight is 389 g/mol. The van der Waals surface area contributed by atoms with Crippen LogP contribution in [0.15, 0.2) is 24.3 Å². The molecule has 1 unspecified atom stereocenters. The van der Waals surface area contributed by atoms with E-state index in [1.165, 1.54) is 24.3 Å². The van der Waals surface area contributed by atoms with Gasteiger partial charge in [0.2, 0.25) is 11.8 Å². The van der Waals surface area contributed by atoms with Crippen molar-refractivity contribution >= 4 is 23.2 Å². The van der Waals surface area contributed by atoms with Crippen molar-refractivity contribution in [2.24, 2.45) is 0 Å². The first-order valence-corrected chi connectivity index (χ1v) is 9.73. The molecule has 0 saturated carbocycles. The molecule has 1 atom stereocenters. The summed E-state index contributed by atoms with van der Waals surface area (Å²) in [5.74, 6) is 0.0605. The molecule has 0 bridgehead atoms. The summed E-state index contributed by atoms with van der Waals surface area (Å²) in [5.41, 5.74) is 0.531. The van der Waals surface area contributed by atoms with Crippen molar-refractivity contribution in [1.82, 2.24) is 14.7 Å². The standard InChI is InChI=1S/C19H27N5O4/c1-15(19(26)20-16-4-6-17(7-5-16)24(27)28)22-12-10-21(11-13-22)14-18(25)23-8-2-3-9-23/h4-7,15H,2-3,8-14H2,1H3,(H,20,26). The molecule has 1 N–H and O–H groups in total. The number of nitro benzene ring substituents is 1. The van der Waals surface area contributed by atoms with Crippen LogP contribution in [0.3, 0.4) is 0 Å². The predicted molar refractivity (Wildman–Crippen MR) is 105 cm³/mol. The van der Waals surface area contributed by atoms with Crippen LogP contribution in [0.25, 0.3) is 0 Å². The van der Waals surface area contributed by atoms with Crippen LogP contribution in [0.2, 0.25) is 0 Å². The van der Waals surface area contributed by atoms with Gasteiger partial charge < -0.3 is 10.2 Å². The number of carbonyl (C=O) groups excluding carboxylic acids is 2. The number of carbonyl (C=O) groups is 2. The largest absolute Gasteiger partial charge is 0.342 e. The Morgan fingerprint density at radius 1 is 1.07 bits per heavy atom. The fourth-order valence-electron chi connectivity index (χ4n) is 3.65. The zero-order valence-corrected chi connectivity index (χ0v) is 16.2. The van der Waals surface area contributed by atoms with Crippen LogP contribution in [0.1, 0.15) is 19.8 Å². The van der Waals surface area contributed by atoms with E-state index in [-0.39, 0.29) is 23.5 Å². The van der Waals surface area contributed by atoms with Gasteiger partial charge in [0.05, 0.1) is 17.5 Å². The Morgan fingerprint density at radius 2 is 1.68 bits per heavy atom. The maximum absolute atomic E-state index is 12.5. The summed E-state index contributed by atoms with van der Waals surface area (Å²) in [6.45, 7) is 7.02. The van der Waals surface area contributed by atoms with Gasteiger partial charge in [0, 0.05) is 57.1 Å². The van der Waals surface area contributed by atoms with Crippen molar-refractivity contribution in [1.29, 1.82) is 0 Å². The quantitative estimate of drug-likeness (QED) is 0.579. The van der Waals surface area contributed by atoms with Gasteiger partial charge in [-0.3, -0.25) is 29.5 Å². The Bertz CT molecular complexity index is 710. The Labute approximate surface area is 164 Å². The molecule has 0 aromatic heterocycles. The number of nitrogens with one attached hydrogen (secondary N) is 1. The molecular formula is C19H27N5O4. The molecule has 0 spiro atoms. The predicted octanol–water partition coefficient (Wildman–Crippen LogP) is 1.16. The number of amides is 2. The number of hydrogen-bond acceptors (Lipinski definition) is 6. The maximum atomic E-state index is 12.5. The zero-order chi connectivity index (χ0) is 20.1. The maximum Gasteiger partial charge on any atom is 0.269 e. The van der Waals surface area contributed by atoms with Crippen LogP contribution in [-0.2, 0) is 9.59 Å². The molecule has 0 radical (unpaired) electrons. The van der Waals surface area contributed by atoms with E-state index in [4.69, 9.17) is 0 Å². The molecule has 9 nitrogen and oxygen atoms in total. The van der Waals surface area contributed by atoms with E-state index in [0.29, 0.717) is 12.2 Å². The van der Waals surface area contributed by atoms with Gasteiger partial charge in [-0.1, -0.05) is 0 Å². The topological polar surface area (TPSA) is 99.0 Å². The number of benzene rings is 1. The number of nitro groups is 1. The summed E-state index contributed by atoms with van der Waals surface area (Å²) in [6, 6.07) is 5.49. The normalized spacial score (nSPS) is 19.4. The SMILES string of the molecule is CC(C(=O)Nc1ccc([N+](=O)[O-])cc1)N1CCN(CC(=O)N2CCCC2)CC1. The third-order valence-corrected chi connectivity index (χ3v) is 5.50. The minimum absolute atomic E-state index is 0.00866. The number of anilines is 1. The first-order chi connectivity index (χ1) is 13.4. The van der Waals surface area contributed by atoms with Crippen molar-refractivity contribution in [3.63, 3.8) is 0 Å². The van der Waals surface area contributed by atoms with E-state index in [0.717, 1.165) is 52.1 Å². The number of hydrogen-bond donors (Lipinski definition) is 1. The smallest absolute Gasteiger partial charge is 0.269 e. The highest BCUT2D eigenvalue weighted by molar-refractivity contribution is 5.94. The molecule has 28 heavy (non-hydrogen) atoms. The second-order valence-corrected chi connectivity index (χ2v) is 7.37. The summed E-state index contributed by atoms with van der Waals surface area (Å²) in [6.07, 6.45) is 2.20. The van der Waals surface area contributed by atoms with E-state index in [2.05, 4.69) is 15.1 Å². The van der Waals surface area contributed by atoms with Gasteiger partial charge in [-0.15, -0.1) is 0 Å². The van der Waals surface area contributed by atoms with Gasteiger partial charge in [-0.2, -0.15) is 0 Å². The van der Waals surface area contributed by atoms with Crippen LogP contribution >= 0.6 is 0 Å². The number of likely N-dealkylation sites (tertiary alicyclic amines) is 1. The first kappa shape index (κ1) is 20.2. The fraction of sp³-hybridized carbons (Fsp3) is 0.579. The van der Waals surface area contributed by atoms with Gasteiger partial charge >= 0.3 is 0 Å². The van der Waals surface area contributed by atoms with Gasteiger partial charge in [0.15, 0.2) is 0 Å². The molecule has 2 amide bonds. The summed E-state index contributed by atoms with van der Waals surface area (Å²) < 4.78 is 0. The van der Waals surface area contributed by atoms with Gasteiger partial charge in [-0.25, -0.2) is 0 Å². The highest BCUT2D eigenvalue weighted by Crippen LogP contribution is 2.16. The molecule has 3 rings (SSSR count). The molecule has 9 heteroatoms. The van der Waals surface area contributed by atoms with E-state index >= 15 is 0 Å². The molecule has 0 aliphatic carbocycles. The third kappa shape index (κ3) is 5.05. The zero-order valence-electron chi connectivity index (χ0n) is 16.2.